The molecule has 1 heterocycles. The van der Waals surface area contributed by atoms with E-state index < -0.39 is 5.97 Å². The smallest absolute Gasteiger partial charge is 0.336 e. The number of terminal acetylenes is 1. The Hall–Kier alpha value is -4.50. The second-order valence-corrected chi connectivity index (χ2v) is 7.83. The molecule has 164 valence electrons. The van der Waals surface area contributed by atoms with Gasteiger partial charge in [-0.2, -0.15) is 0 Å². The van der Waals surface area contributed by atoms with Crippen LogP contribution in [0.15, 0.2) is 54.6 Å². The maximum atomic E-state index is 12.6. The summed E-state index contributed by atoms with van der Waals surface area (Å²) in [5.74, 6) is 2.05. The number of carbonyl (C=O) groups excluding carboxylic acids is 1. The summed E-state index contributed by atoms with van der Waals surface area (Å²) in [6, 6.07) is 15.7. The molecule has 2 N–H and O–H groups in total. The fraction of sp³-hybridized carbons (Fsp3) is 0.111. The van der Waals surface area contributed by atoms with Gasteiger partial charge in [0.1, 0.15) is 11.5 Å². The van der Waals surface area contributed by atoms with E-state index in [1.54, 1.807) is 6.07 Å². The van der Waals surface area contributed by atoms with Gasteiger partial charge in [-0.15, -0.1) is 6.42 Å². The molecule has 0 saturated carbocycles. The van der Waals surface area contributed by atoms with Crippen molar-refractivity contribution in [2.24, 2.45) is 0 Å². The van der Waals surface area contributed by atoms with Gasteiger partial charge in [0.25, 0.3) is 5.91 Å². The molecule has 3 aromatic rings. The summed E-state index contributed by atoms with van der Waals surface area (Å²) in [6.07, 6.45) is 5.25. The highest BCUT2D eigenvalue weighted by Gasteiger charge is 2.25. The van der Waals surface area contributed by atoms with Crippen LogP contribution in [0.3, 0.4) is 0 Å². The largest absolute Gasteiger partial charge is 0.478 e. The van der Waals surface area contributed by atoms with Crippen LogP contribution < -0.4 is 25.4 Å². The molecule has 0 unspecified atom stereocenters. The Balaban J connectivity index is 2.05. The molecule has 4 rings (SSSR count). The summed E-state index contributed by atoms with van der Waals surface area (Å²) >= 11 is 0. The Labute approximate surface area is 191 Å². The van der Waals surface area contributed by atoms with Gasteiger partial charge in [0.15, 0.2) is 0 Å². The van der Waals surface area contributed by atoms with Crippen LogP contribution in [0.25, 0.3) is 12.2 Å². The maximum absolute atomic E-state index is 12.6. The molecule has 6 nitrogen and oxygen atoms in total. The number of fused-ring (bicyclic) bond motifs is 2. The van der Waals surface area contributed by atoms with Gasteiger partial charge in [-0.05, 0) is 47.2 Å². The number of nitrogens with one attached hydrogen (secondary N) is 1. The third kappa shape index (κ3) is 4.04. The lowest BCUT2D eigenvalue weighted by Crippen LogP contribution is -2.25. The standard InChI is InChI=1S/C27H22N2O4/c1-5-12-28-26(30)17-7-10-19(27(31)32)22(14-17)25-20-9-6-16(2)13-23(20)33-24-15-18(29(3)4)8-11-21(24)25/h1,6-11,13-15H,2,12H2,3-4H3,(H,28,30)(H,31,32). The predicted molar refractivity (Wildman–Crippen MR) is 128 cm³/mol. The van der Waals surface area contributed by atoms with Gasteiger partial charge in [0.05, 0.1) is 12.1 Å². The van der Waals surface area contributed by atoms with E-state index in [9.17, 15) is 14.7 Å². The number of hydrogen-bond donors (Lipinski definition) is 2. The molecule has 0 aromatic heterocycles. The summed E-state index contributed by atoms with van der Waals surface area (Å²) in [4.78, 5) is 26.7. The van der Waals surface area contributed by atoms with Crippen LogP contribution >= 0.6 is 0 Å². The summed E-state index contributed by atoms with van der Waals surface area (Å²) < 4.78 is 6.20. The topological polar surface area (TPSA) is 78.9 Å². The minimum absolute atomic E-state index is 0.0739. The number of nitrogens with zero attached hydrogens (tertiary/aromatic N) is 1. The zero-order chi connectivity index (χ0) is 23.7. The molecule has 33 heavy (non-hydrogen) atoms. The average Bonchev–Trinajstić information content (AvgIpc) is 2.79. The van der Waals surface area contributed by atoms with E-state index in [0.29, 0.717) is 28.2 Å². The molecular formula is C27H22N2O4. The number of benzene rings is 3. The van der Waals surface area contributed by atoms with Crippen LogP contribution in [0.2, 0.25) is 0 Å². The van der Waals surface area contributed by atoms with Crippen LogP contribution in [0.4, 0.5) is 5.69 Å². The molecule has 0 saturated heterocycles. The Morgan fingerprint density at radius 3 is 2.55 bits per heavy atom. The second kappa shape index (κ2) is 8.56. The van der Waals surface area contributed by atoms with E-state index in [2.05, 4.69) is 17.8 Å². The third-order valence-corrected chi connectivity index (χ3v) is 5.42. The minimum atomic E-state index is -1.10. The zero-order valence-electron chi connectivity index (χ0n) is 18.3. The van der Waals surface area contributed by atoms with Crippen LogP contribution in [0.5, 0.6) is 11.5 Å². The maximum Gasteiger partial charge on any atom is 0.336 e. The molecule has 0 aliphatic carbocycles. The van der Waals surface area contributed by atoms with Gasteiger partial charge in [0.2, 0.25) is 0 Å². The highest BCUT2D eigenvalue weighted by atomic mass is 16.5. The average molecular weight is 438 g/mol. The van der Waals surface area contributed by atoms with E-state index in [-0.39, 0.29) is 18.0 Å². The second-order valence-electron chi connectivity index (χ2n) is 7.83. The van der Waals surface area contributed by atoms with Crippen molar-refractivity contribution in [2.75, 3.05) is 25.5 Å². The number of carboxylic acid groups (broad SMARTS) is 1. The molecule has 0 spiro atoms. The van der Waals surface area contributed by atoms with Crippen molar-refractivity contribution in [1.82, 2.24) is 5.32 Å². The Bertz CT molecular complexity index is 1450. The molecule has 1 aliphatic rings. The first kappa shape index (κ1) is 21.7. The Morgan fingerprint density at radius 2 is 1.85 bits per heavy atom. The predicted octanol–water partition coefficient (Wildman–Crippen LogP) is 2.58. The van der Waals surface area contributed by atoms with E-state index in [1.165, 1.54) is 12.1 Å². The minimum Gasteiger partial charge on any atom is -0.478 e. The highest BCUT2D eigenvalue weighted by molar-refractivity contribution is 6.02. The lowest BCUT2D eigenvalue weighted by molar-refractivity contribution is 0.0696. The third-order valence-electron chi connectivity index (χ3n) is 5.42. The van der Waals surface area contributed by atoms with Crippen LogP contribution in [0, 0.1) is 12.3 Å². The number of ether oxygens (including phenoxy) is 1. The highest BCUT2D eigenvalue weighted by Crippen LogP contribution is 2.39. The van der Waals surface area contributed by atoms with Gasteiger partial charge >= 0.3 is 5.97 Å². The van der Waals surface area contributed by atoms with E-state index in [1.807, 2.05) is 55.4 Å². The van der Waals surface area contributed by atoms with Crippen LogP contribution in [-0.4, -0.2) is 37.6 Å². The van der Waals surface area contributed by atoms with Gasteiger partial charge < -0.3 is 20.1 Å². The monoisotopic (exact) mass is 438 g/mol. The summed E-state index contributed by atoms with van der Waals surface area (Å²) in [7, 11) is 3.86. The first-order chi connectivity index (χ1) is 15.8. The van der Waals surface area contributed by atoms with Crippen molar-refractivity contribution in [3.8, 4) is 23.8 Å². The molecule has 1 amide bonds. The molecule has 0 radical (unpaired) electrons. The molecule has 1 aliphatic heterocycles. The van der Waals surface area contributed by atoms with Crippen molar-refractivity contribution >= 4 is 29.7 Å². The molecule has 6 heteroatoms. The fourth-order valence-corrected chi connectivity index (χ4v) is 3.80. The van der Waals surface area contributed by atoms with Gasteiger partial charge in [-0.3, -0.25) is 4.79 Å². The lowest BCUT2D eigenvalue weighted by Gasteiger charge is -2.24. The quantitative estimate of drug-likeness (QED) is 0.469. The van der Waals surface area contributed by atoms with Crippen molar-refractivity contribution in [3.05, 3.63) is 87.3 Å². The van der Waals surface area contributed by atoms with Gasteiger partial charge in [0, 0.05) is 47.8 Å². The van der Waals surface area contributed by atoms with Gasteiger partial charge in [-0.25, -0.2) is 4.79 Å². The van der Waals surface area contributed by atoms with E-state index in [0.717, 1.165) is 21.7 Å². The van der Waals surface area contributed by atoms with Crippen molar-refractivity contribution in [3.63, 3.8) is 0 Å². The number of carboxylic acids is 1. The number of rotatable bonds is 5. The van der Waals surface area contributed by atoms with Crippen molar-refractivity contribution < 1.29 is 19.4 Å². The van der Waals surface area contributed by atoms with E-state index in [4.69, 9.17) is 11.2 Å². The SMILES string of the molecule is C#CCNC(=O)c1ccc(C(=O)O)c(C2=c3ccc(=C)cc3Oc3cc(N(C)C)ccc32)c1. The Morgan fingerprint density at radius 1 is 1.06 bits per heavy atom. The van der Waals surface area contributed by atoms with Crippen LogP contribution in [-0.2, 0) is 0 Å². The molecular weight excluding hydrogens is 416 g/mol. The number of anilines is 1. The number of aromatic carboxylic acids is 1. The number of hydrogen-bond acceptors (Lipinski definition) is 4. The first-order valence-corrected chi connectivity index (χ1v) is 10.2. The Kier molecular flexibility index (Phi) is 5.63. The van der Waals surface area contributed by atoms with Crippen molar-refractivity contribution in [2.45, 2.75) is 0 Å². The van der Waals surface area contributed by atoms with E-state index >= 15 is 0 Å². The summed E-state index contributed by atoms with van der Waals surface area (Å²) in [5, 5.41) is 14.0. The lowest BCUT2D eigenvalue weighted by atomic mass is 9.88. The molecule has 0 bridgehead atoms. The zero-order valence-corrected chi connectivity index (χ0v) is 18.3. The van der Waals surface area contributed by atoms with Gasteiger partial charge in [-0.1, -0.05) is 24.6 Å². The fourth-order valence-electron chi connectivity index (χ4n) is 3.80. The first-order valence-electron chi connectivity index (χ1n) is 10.2. The number of carbonyl (C=O) groups is 2. The van der Waals surface area contributed by atoms with Crippen molar-refractivity contribution in [1.29, 1.82) is 0 Å². The summed E-state index contributed by atoms with van der Waals surface area (Å²) in [6.45, 7) is 4.05. The normalized spacial score (nSPS) is 11.5. The number of amides is 1. The molecule has 3 aromatic carbocycles. The summed E-state index contributed by atoms with van der Waals surface area (Å²) in [5.41, 5.74) is 3.13. The molecule has 0 atom stereocenters. The molecule has 0 fully saturated rings. The van der Waals surface area contributed by atoms with Crippen LogP contribution in [0.1, 0.15) is 31.8 Å².